The Kier molecular flexibility index (Phi) is 5.08. The predicted octanol–water partition coefficient (Wildman–Crippen LogP) is 4.55. The van der Waals surface area contributed by atoms with E-state index in [1.54, 1.807) is 23.2 Å². The van der Waals surface area contributed by atoms with E-state index in [1.165, 1.54) is 0 Å². The monoisotopic (exact) mass is 420 g/mol. The lowest BCUT2D eigenvalue weighted by Gasteiger charge is -2.35. The van der Waals surface area contributed by atoms with Gasteiger partial charge in [-0.2, -0.15) is 0 Å². The van der Waals surface area contributed by atoms with E-state index in [-0.39, 0.29) is 5.91 Å². The van der Waals surface area contributed by atoms with Crippen LogP contribution in [0.1, 0.15) is 10.5 Å². The van der Waals surface area contributed by atoms with Crippen LogP contribution in [-0.2, 0) is 0 Å². The summed E-state index contributed by atoms with van der Waals surface area (Å²) in [4.78, 5) is 25.3. The van der Waals surface area contributed by atoms with Gasteiger partial charge in [-0.05, 0) is 17.5 Å². The number of amides is 1. The van der Waals surface area contributed by atoms with Crippen molar-refractivity contribution in [2.45, 2.75) is 0 Å². The molecule has 0 N–H and O–H groups in total. The van der Waals surface area contributed by atoms with Gasteiger partial charge in [-0.15, -0.1) is 0 Å². The number of nitrogens with zero attached hydrogens (tertiary/aromatic N) is 4. The number of halogens is 3. The number of pyridine rings is 2. The van der Waals surface area contributed by atoms with Crippen molar-refractivity contribution in [1.82, 2.24) is 14.9 Å². The minimum absolute atomic E-state index is 0.127. The summed E-state index contributed by atoms with van der Waals surface area (Å²) < 4.78 is 0. The van der Waals surface area contributed by atoms with Crippen molar-refractivity contribution in [3.63, 3.8) is 0 Å². The van der Waals surface area contributed by atoms with E-state index < -0.39 is 0 Å². The molecule has 27 heavy (non-hydrogen) atoms. The summed E-state index contributed by atoms with van der Waals surface area (Å²) in [7, 11) is 0. The number of hydrogen-bond donors (Lipinski definition) is 0. The van der Waals surface area contributed by atoms with Crippen molar-refractivity contribution in [2.75, 3.05) is 31.1 Å². The Morgan fingerprint density at radius 2 is 1.74 bits per heavy atom. The van der Waals surface area contributed by atoms with E-state index in [1.807, 2.05) is 29.2 Å². The number of aromatic nitrogens is 2. The molecule has 0 bridgehead atoms. The van der Waals surface area contributed by atoms with Crippen LogP contribution in [0, 0.1) is 0 Å². The van der Waals surface area contributed by atoms with Crippen LogP contribution < -0.4 is 4.90 Å². The first kappa shape index (κ1) is 18.3. The van der Waals surface area contributed by atoms with Gasteiger partial charge < -0.3 is 9.80 Å². The van der Waals surface area contributed by atoms with E-state index in [9.17, 15) is 4.79 Å². The van der Waals surface area contributed by atoms with Crippen LogP contribution in [-0.4, -0.2) is 47.0 Å². The highest BCUT2D eigenvalue weighted by molar-refractivity contribution is 6.36. The highest BCUT2D eigenvalue weighted by Crippen LogP contribution is 2.27. The fraction of sp³-hybridized carbons (Fsp3) is 0.211. The second-order valence-electron chi connectivity index (χ2n) is 6.26. The first-order valence-corrected chi connectivity index (χ1v) is 9.57. The normalized spacial score (nSPS) is 14.6. The van der Waals surface area contributed by atoms with E-state index in [2.05, 4.69) is 9.97 Å². The summed E-state index contributed by atoms with van der Waals surface area (Å²) in [5.74, 6) is 0.553. The van der Waals surface area contributed by atoms with Crippen molar-refractivity contribution in [1.29, 1.82) is 0 Å². The molecule has 2 aromatic heterocycles. The van der Waals surface area contributed by atoms with Gasteiger partial charge in [0.25, 0.3) is 5.91 Å². The highest BCUT2D eigenvalue weighted by atomic mass is 35.5. The van der Waals surface area contributed by atoms with Crippen LogP contribution in [0.5, 0.6) is 0 Å². The number of fused-ring (bicyclic) bond motifs is 1. The molecule has 1 saturated heterocycles. The van der Waals surface area contributed by atoms with Crippen molar-refractivity contribution < 1.29 is 4.79 Å². The number of rotatable bonds is 2. The molecule has 3 aromatic rings. The Hall–Kier alpha value is -2.08. The number of benzene rings is 1. The Balaban J connectivity index is 1.50. The molecule has 5 nitrogen and oxygen atoms in total. The van der Waals surface area contributed by atoms with E-state index in [4.69, 9.17) is 34.8 Å². The first-order valence-electron chi connectivity index (χ1n) is 8.43. The van der Waals surface area contributed by atoms with Crippen molar-refractivity contribution in [3.8, 4) is 0 Å². The summed E-state index contributed by atoms with van der Waals surface area (Å²) in [6, 6.07) is 11.1. The fourth-order valence-electron chi connectivity index (χ4n) is 3.19. The SMILES string of the molecule is O=C(c1cc2ccccc2c(Cl)n1)N1CCN(c2ncc(Cl)cc2Cl)CC1. The second kappa shape index (κ2) is 7.50. The summed E-state index contributed by atoms with van der Waals surface area (Å²) in [6.07, 6.45) is 1.57. The molecule has 138 valence electrons. The van der Waals surface area contributed by atoms with Crippen LogP contribution in [0.2, 0.25) is 15.2 Å². The van der Waals surface area contributed by atoms with Gasteiger partial charge in [0.05, 0.1) is 10.0 Å². The van der Waals surface area contributed by atoms with Crippen molar-refractivity contribution in [3.05, 3.63) is 63.5 Å². The first-order chi connectivity index (χ1) is 13.0. The van der Waals surface area contributed by atoms with Gasteiger partial charge in [-0.1, -0.05) is 59.1 Å². The van der Waals surface area contributed by atoms with Crippen LogP contribution in [0.15, 0.2) is 42.6 Å². The molecule has 1 fully saturated rings. The fourth-order valence-corrected chi connectivity index (χ4v) is 3.95. The van der Waals surface area contributed by atoms with Crippen molar-refractivity contribution in [2.24, 2.45) is 0 Å². The molecule has 0 atom stereocenters. The minimum atomic E-state index is -0.127. The van der Waals surface area contributed by atoms with Gasteiger partial charge in [0.15, 0.2) is 0 Å². The zero-order chi connectivity index (χ0) is 19.0. The molecule has 3 heterocycles. The minimum Gasteiger partial charge on any atom is -0.352 e. The molecule has 0 spiro atoms. The summed E-state index contributed by atoms with van der Waals surface area (Å²) in [5.41, 5.74) is 0.356. The molecule has 1 amide bonds. The lowest BCUT2D eigenvalue weighted by molar-refractivity contribution is 0.0741. The highest BCUT2D eigenvalue weighted by Gasteiger charge is 2.25. The van der Waals surface area contributed by atoms with E-state index in [0.717, 1.165) is 10.8 Å². The lowest BCUT2D eigenvalue weighted by atomic mass is 10.1. The third kappa shape index (κ3) is 3.68. The number of hydrogen-bond acceptors (Lipinski definition) is 4. The molecule has 1 aliphatic heterocycles. The molecule has 0 radical (unpaired) electrons. The molecule has 0 saturated carbocycles. The average molecular weight is 422 g/mol. The maximum atomic E-state index is 12.9. The molecular formula is C19H15Cl3N4O. The summed E-state index contributed by atoms with van der Waals surface area (Å²) in [6.45, 7) is 2.35. The zero-order valence-electron chi connectivity index (χ0n) is 14.2. The maximum absolute atomic E-state index is 12.9. The standard InChI is InChI=1S/C19H15Cl3N4O/c20-13-10-15(21)18(23-11-13)25-5-7-26(8-6-25)19(27)16-9-12-3-1-2-4-14(12)17(22)24-16/h1-4,9-11H,5-8H2. The number of carbonyl (C=O) groups is 1. The number of carbonyl (C=O) groups excluding carboxylic acids is 1. The van der Waals surface area contributed by atoms with Crippen LogP contribution >= 0.6 is 34.8 Å². The number of piperazine rings is 1. The van der Waals surface area contributed by atoms with Gasteiger partial charge in [0.1, 0.15) is 16.7 Å². The van der Waals surface area contributed by atoms with Gasteiger partial charge in [0, 0.05) is 37.8 Å². The topological polar surface area (TPSA) is 49.3 Å². The quantitative estimate of drug-likeness (QED) is 0.570. The second-order valence-corrected chi connectivity index (χ2v) is 7.46. The van der Waals surface area contributed by atoms with E-state index >= 15 is 0 Å². The van der Waals surface area contributed by atoms with Crippen molar-refractivity contribution >= 4 is 57.3 Å². The summed E-state index contributed by atoms with van der Waals surface area (Å²) in [5, 5.41) is 3.08. The Bertz CT molecular complexity index is 1020. The van der Waals surface area contributed by atoms with Crippen LogP contribution in [0.4, 0.5) is 5.82 Å². The lowest BCUT2D eigenvalue weighted by Crippen LogP contribution is -2.49. The van der Waals surface area contributed by atoms with Gasteiger partial charge in [-0.25, -0.2) is 9.97 Å². The molecule has 0 unspecified atom stereocenters. The molecular weight excluding hydrogens is 407 g/mol. The number of anilines is 1. The Morgan fingerprint density at radius 1 is 1.00 bits per heavy atom. The van der Waals surface area contributed by atoms with Gasteiger partial charge in [0.2, 0.25) is 0 Å². The van der Waals surface area contributed by atoms with Gasteiger partial charge in [-0.3, -0.25) is 4.79 Å². The van der Waals surface area contributed by atoms with Crippen LogP contribution in [0.3, 0.4) is 0 Å². The average Bonchev–Trinajstić information content (AvgIpc) is 2.68. The van der Waals surface area contributed by atoms with E-state index in [0.29, 0.717) is 52.9 Å². The van der Waals surface area contributed by atoms with Gasteiger partial charge >= 0.3 is 0 Å². The smallest absolute Gasteiger partial charge is 0.272 e. The third-order valence-electron chi connectivity index (χ3n) is 4.57. The van der Waals surface area contributed by atoms with Crippen LogP contribution in [0.25, 0.3) is 10.8 Å². The largest absolute Gasteiger partial charge is 0.352 e. The summed E-state index contributed by atoms with van der Waals surface area (Å²) >= 11 is 18.4. The predicted molar refractivity (Wildman–Crippen MR) is 109 cm³/mol. The molecule has 1 aromatic carbocycles. The third-order valence-corrected chi connectivity index (χ3v) is 5.34. The maximum Gasteiger partial charge on any atom is 0.272 e. The Morgan fingerprint density at radius 3 is 2.48 bits per heavy atom. The zero-order valence-corrected chi connectivity index (χ0v) is 16.5. The molecule has 4 rings (SSSR count). The molecule has 1 aliphatic rings. The molecule has 8 heteroatoms. The molecule has 0 aliphatic carbocycles. The Labute approximate surface area is 171 Å².